The summed E-state index contributed by atoms with van der Waals surface area (Å²) in [6.45, 7) is 4.20. The molecule has 1 fully saturated rings. The van der Waals surface area contributed by atoms with Crippen LogP contribution in [0.5, 0.6) is 5.75 Å². The molecule has 2 rings (SSSR count). The number of rotatable bonds is 6. The maximum Gasteiger partial charge on any atom is 0.341 e. The van der Waals surface area contributed by atoms with E-state index in [-0.39, 0.29) is 5.91 Å². The standard InChI is InChI=1S/C16H17NO4S2/c1-10(2)8-17-15(20)13(23-16(17)22)7-11-5-3-4-6-12(11)21-9-14(18)19/h3-7,10H,8-9H2,1-2H3,(H,18,19). The van der Waals surface area contributed by atoms with Gasteiger partial charge in [0.15, 0.2) is 6.61 Å². The van der Waals surface area contributed by atoms with Gasteiger partial charge >= 0.3 is 5.97 Å². The number of thioether (sulfide) groups is 1. The summed E-state index contributed by atoms with van der Waals surface area (Å²) < 4.78 is 5.79. The number of para-hydroxylation sites is 1. The Bertz CT molecular complexity index is 670. The first-order chi connectivity index (χ1) is 10.9. The van der Waals surface area contributed by atoms with Crippen LogP contribution in [0.3, 0.4) is 0 Å². The number of hydrogen-bond acceptors (Lipinski definition) is 5. The van der Waals surface area contributed by atoms with Crippen LogP contribution in [0.1, 0.15) is 19.4 Å². The highest BCUT2D eigenvalue weighted by Gasteiger charge is 2.32. The summed E-state index contributed by atoms with van der Waals surface area (Å²) in [5.74, 6) is -0.433. The molecule has 1 saturated heterocycles. The highest BCUT2D eigenvalue weighted by Crippen LogP contribution is 2.34. The van der Waals surface area contributed by atoms with E-state index < -0.39 is 12.6 Å². The van der Waals surface area contributed by atoms with E-state index in [2.05, 4.69) is 0 Å². The smallest absolute Gasteiger partial charge is 0.341 e. The van der Waals surface area contributed by atoms with Gasteiger partial charge in [-0.1, -0.05) is 56.0 Å². The average molecular weight is 351 g/mol. The fraction of sp³-hybridized carbons (Fsp3) is 0.312. The second-order valence-electron chi connectivity index (χ2n) is 5.41. The first kappa shape index (κ1) is 17.5. The summed E-state index contributed by atoms with van der Waals surface area (Å²) >= 11 is 6.51. The Morgan fingerprint density at radius 3 is 2.78 bits per heavy atom. The van der Waals surface area contributed by atoms with E-state index in [1.807, 2.05) is 13.8 Å². The normalized spacial score (nSPS) is 16.5. The van der Waals surface area contributed by atoms with E-state index in [1.54, 1.807) is 35.2 Å². The number of nitrogens with zero attached hydrogens (tertiary/aromatic N) is 1. The van der Waals surface area contributed by atoms with Crippen LogP contribution in [0, 0.1) is 5.92 Å². The van der Waals surface area contributed by atoms with E-state index in [0.29, 0.717) is 33.0 Å². The molecule has 1 aliphatic heterocycles. The number of amides is 1. The summed E-state index contributed by atoms with van der Waals surface area (Å²) in [4.78, 5) is 25.2. The molecule has 0 spiro atoms. The summed E-state index contributed by atoms with van der Waals surface area (Å²) in [6.07, 6.45) is 1.69. The molecule has 0 aromatic heterocycles. The molecule has 1 aromatic carbocycles. The van der Waals surface area contributed by atoms with Crippen molar-refractivity contribution in [2.75, 3.05) is 13.2 Å². The van der Waals surface area contributed by atoms with Gasteiger partial charge in [0.05, 0.1) is 4.91 Å². The minimum Gasteiger partial charge on any atom is -0.481 e. The van der Waals surface area contributed by atoms with Crippen LogP contribution in [-0.4, -0.2) is 39.4 Å². The highest BCUT2D eigenvalue weighted by molar-refractivity contribution is 8.26. The lowest BCUT2D eigenvalue weighted by molar-refractivity contribution is -0.139. The highest BCUT2D eigenvalue weighted by atomic mass is 32.2. The van der Waals surface area contributed by atoms with Crippen LogP contribution in [0.15, 0.2) is 29.2 Å². The van der Waals surface area contributed by atoms with Crippen LogP contribution in [0.2, 0.25) is 0 Å². The molecule has 1 N–H and O–H groups in total. The molecular weight excluding hydrogens is 334 g/mol. The number of hydrogen-bond donors (Lipinski definition) is 1. The van der Waals surface area contributed by atoms with Crippen molar-refractivity contribution in [1.29, 1.82) is 0 Å². The average Bonchev–Trinajstić information content (AvgIpc) is 2.73. The Labute approximate surface area is 144 Å². The summed E-state index contributed by atoms with van der Waals surface area (Å²) in [6, 6.07) is 6.99. The lowest BCUT2D eigenvalue weighted by Gasteiger charge is -2.16. The van der Waals surface area contributed by atoms with Gasteiger partial charge in [-0.25, -0.2) is 4.79 Å². The molecule has 122 valence electrons. The number of benzene rings is 1. The van der Waals surface area contributed by atoms with E-state index in [1.165, 1.54) is 11.8 Å². The maximum absolute atomic E-state index is 12.4. The number of thiocarbonyl (C=S) groups is 1. The SMILES string of the molecule is CC(C)CN1C(=O)C(=Cc2ccccc2OCC(=O)O)SC1=S. The van der Waals surface area contributed by atoms with Crippen LogP contribution >= 0.6 is 24.0 Å². The monoisotopic (exact) mass is 351 g/mol. The Morgan fingerprint density at radius 2 is 2.13 bits per heavy atom. The summed E-state index contributed by atoms with van der Waals surface area (Å²) in [5.41, 5.74) is 0.652. The van der Waals surface area contributed by atoms with Gasteiger partial charge in [-0.05, 0) is 18.1 Å². The molecule has 0 saturated carbocycles. The summed E-state index contributed by atoms with van der Waals surface area (Å²) in [7, 11) is 0. The topological polar surface area (TPSA) is 66.8 Å². The van der Waals surface area contributed by atoms with Gasteiger partial charge < -0.3 is 9.84 Å². The van der Waals surface area contributed by atoms with Crippen molar-refractivity contribution in [1.82, 2.24) is 4.90 Å². The van der Waals surface area contributed by atoms with Gasteiger partial charge in [0.1, 0.15) is 10.1 Å². The molecule has 7 heteroatoms. The number of carbonyl (C=O) groups excluding carboxylic acids is 1. The lowest BCUT2D eigenvalue weighted by atomic mass is 10.1. The van der Waals surface area contributed by atoms with Crippen LogP contribution in [-0.2, 0) is 9.59 Å². The van der Waals surface area contributed by atoms with E-state index >= 15 is 0 Å². The number of aliphatic carboxylic acids is 1. The Kier molecular flexibility index (Phi) is 5.79. The molecule has 0 atom stereocenters. The molecule has 0 radical (unpaired) electrons. The number of carbonyl (C=O) groups is 2. The Morgan fingerprint density at radius 1 is 1.43 bits per heavy atom. The van der Waals surface area contributed by atoms with Crippen molar-refractivity contribution in [2.24, 2.45) is 5.92 Å². The Balaban J connectivity index is 2.24. The minimum absolute atomic E-state index is 0.123. The zero-order valence-corrected chi connectivity index (χ0v) is 14.4. The molecule has 0 unspecified atom stereocenters. The second-order valence-corrected chi connectivity index (χ2v) is 7.08. The quantitative estimate of drug-likeness (QED) is 0.628. The summed E-state index contributed by atoms with van der Waals surface area (Å²) in [5, 5.41) is 8.72. The van der Waals surface area contributed by atoms with E-state index in [9.17, 15) is 9.59 Å². The maximum atomic E-state index is 12.4. The van der Waals surface area contributed by atoms with E-state index in [4.69, 9.17) is 22.1 Å². The molecule has 1 aliphatic rings. The number of ether oxygens (including phenoxy) is 1. The van der Waals surface area contributed by atoms with Gasteiger partial charge in [0, 0.05) is 12.1 Å². The van der Waals surface area contributed by atoms with E-state index in [0.717, 1.165) is 0 Å². The second kappa shape index (κ2) is 7.61. The lowest BCUT2D eigenvalue weighted by Crippen LogP contribution is -2.31. The van der Waals surface area contributed by atoms with Gasteiger partial charge in [-0.3, -0.25) is 9.69 Å². The minimum atomic E-state index is -1.05. The van der Waals surface area contributed by atoms with Crippen molar-refractivity contribution in [2.45, 2.75) is 13.8 Å². The number of carboxylic acids is 1. The van der Waals surface area contributed by atoms with Crippen molar-refractivity contribution in [3.63, 3.8) is 0 Å². The van der Waals surface area contributed by atoms with Gasteiger partial charge in [0.25, 0.3) is 5.91 Å². The molecule has 1 aromatic rings. The third-order valence-electron chi connectivity index (χ3n) is 2.98. The fourth-order valence-electron chi connectivity index (χ4n) is 2.03. The zero-order chi connectivity index (χ0) is 17.0. The zero-order valence-electron chi connectivity index (χ0n) is 12.8. The molecule has 23 heavy (non-hydrogen) atoms. The van der Waals surface area contributed by atoms with Crippen molar-refractivity contribution in [3.05, 3.63) is 34.7 Å². The van der Waals surface area contributed by atoms with Crippen LogP contribution < -0.4 is 4.74 Å². The van der Waals surface area contributed by atoms with Gasteiger partial charge in [0.2, 0.25) is 0 Å². The predicted molar refractivity (Wildman–Crippen MR) is 94.3 cm³/mol. The van der Waals surface area contributed by atoms with Crippen molar-refractivity contribution < 1.29 is 19.4 Å². The Hall–Kier alpha value is -1.86. The largest absolute Gasteiger partial charge is 0.481 e. The third kappa shape index (κ3) is 4.56. The molecule has 0 bridgehead atoms. The van der Waals surface area contributed by atoms with Crippen LogP contribution in [0.4, 0.5) is 0 Å². The first-order valence-corrected chi connectivity index (χ1v) is 8.30. The molecule has 5 nitrogen and oxygen atoms in total. The molecule has 1 amide bonds. The predicted octanol–water partition coefficient (Wildman–Crippen LogP) is 3.01. The fourth-order valence-corrected chi connectivity index (χ4v) is 3.30. The molecule has 1 heterocycles. The number of carboxylic acid groups (broad SMARTS) is 1. The van der Waals surface area contributed by atoms with Crippen LogP contribution in [0.25, 0.3) is 6.08 Å². The first-order valence-electron chi connectivity index (χ1n) is 7.07. The van der Waals surface area contributed by atoms with Crippen molar-refractivity contribution >= 4 is 46.3 Å². The van der Waals surface area contributed by atoms with Crippen molar-refractivity contribution in [3.8, 4) is 5.75 Å². The molecular formula is C16H17NO4S2. The van der Waals surface area contributed by atoms with Gasteiger partial charge in [-0.2, -0.15) is 0 Å². The molecule has 0 aliphatic carbocycles. The van der Waals surface area contributed by atoms with Gasteiger partial charge in [-0.15, -0.1) is 0 Å². The third-order valence-corrected chi connectivity index (χ3v) is 4.36.